The van der Waals surface area contributed by atoms with Crippen LogP contribution < -0.4 is 4.74 Å². The van der Waals surface area contributed by atoms with Crippen LogP contribution in [-0.4, -0.2) is 76.6 Å². The summed E-state index contributed by atoms with van der Waals surface area (Å²) in [4.78, 5) is 37.3. The van der Waals surface area contributed by atoms with Crippen LogP contribution in [0.1, 0.15) is 37.8 Å². The number of aromatic nitrogens is 2. The highest BCUT2D eigenvalue weighted by atomic mass is 16.5. The molecule has 4 heterocycles. The number of likely N-dealkylation sites (tertiary alicyclic amines) is 2. The Morgan fingerprint density at radius 1 is 1.21 bits per heavy atom. The number of carbonyl (C=O) groups excluding carboxylic acids is 2. The average Bonchev–Trinajstić information content (AvgIpc) is 3.16. The molecule has 4 rings (SSSR count). The Balaban J connectivity index is 1.36. The van der Waals surface area contributed by atoms with Crippen molar-refractivity contribution in [3.8, 4) is 11.9 Å². The number of ether oxygens (including phenoxy) is 2. The highest BCUT2D eigenvalue weighted by molar-refractivity contribution is 5.89. The molecule has 0 spiro atoms. The summed E-state index contributed by atoms with van der Waals surface area (Å²) in [6, 6.07) is 2.16. The molecule has 0 N–H and O–H groups in total. The van der Waals surface area contributed by atoms with E-state index in [1.54, 1.807) is 4.90 Å². The molecule has 9 nitrogen and oxygen atoms in total. The van der Waals surface area contributed by atoms with E-state index in [4.69, 9.17) is 14.7 Å². The van der Waals surface area contributed by atoms with Crippen molar-refractivity contribution in [3.05, 3.63) is 18.1 Å². The molecule has 154 valence electrons. The Morgan fingerprint density at radius 2 is 2.00 bits per heavy atom. The van der Waals surface area contributed by atoms with Crippen LogP contribution in [0.3, 0.4) is 0 Å². The summed E-state index contributed by atoms with van der Waals surface area (Å²) < 4.78 is 11.3. The first-order valence-electron chi connectivity index (χ1n) is 10.2. The van der Waals surface area contributed by atoms with E-state index in [9.17, 15) is 9.59 Å². The van der Waals surface area contributed by atoms with Gasteiger partial charge >= 0.3 is 0 Å². The van der Waals surface area contributed by atoms with Crippen LogP contribution in [0, 0.1) is 17.2 Å². The Kier molecular flexibility index (Phi) is 5.90. The summed E-state index contributed by atoms with van der Waals surface area (Å²) in [7, 11) is 0. The SMILES string of the molecule is N#Cc1nccnc1O[C@@H]1CCCN(C(=O)[C@@H]2CC(=O)N(C3CCOCC3)C2)C1. The number of piperidine rings is 1. The zero-order valence-electron chi connectivity index (χ0n) is 16.3. The van der Waals surface area contributed by atoms with Crippen molar-refractivity contribution in [3.63, 3.8) is 0 Å². The first-order valence-corrected chi connectivity index (χ1v) is 10.2. The maximum atomic E-state index is 13.1. The molecule has 0 aromatic carbocycles. The molecule has 2 atom stereocenters. The van der Waals surface area contributed by atoms with Gasteiger partial charge in [0.05, 0.1) is 12.5 Å². The second-order valence-corrected chi connectivity index (χ2v) is 7.78. The van der Waals surface area contributed by atoms with Gasteiger partial charge in [0.2, 0.25) is 17.5 Å². The van der Waals surface area contributed by atoms with Crippen molar-refractivity contribution in [2.24, 2.45) is 5.92 Å². The van der Waals surface area contributed by atoms with Gasteiger partial charge in [-0.25, -0.2) is 9.97 Å². The van der Waals surface area contributed by atoms with Gasteiger partial charge in [-0.3, -0.25) is 9.59 Å². The molecule has 0 bridgehead atoms. The molecular formula is C20H25N5O4. The van der Waals surface area contributed by atoms with E-state index in [0.717, 1.165) is 25.7 Å². The predicted octanol–water partition coefficient (Wildman–Crippen LogP) is 0.746. The Morgan fingerprint density at radius 3 is 2.79 bits per heavy atom. The lowest BCUT2D eigenvalue weighted by molar-refractivity contribution is -0.138. The van der Waals surface area contributed by atoms with Crippen LogP contribution in [-0.2, 0) is 14.3 Å². The molecule has 0 unspecified atom stereocenters. The lowest BCUT2D eigenvalue weighted by atomic mass is 10.0. The maximum absolute atomic E-state index is 13.1. The van der Waals surface area contributed by atoms with Gasteiger partial charge in [0.15, 0.2) is 0 Å². The van der Waals surface area contributed by atoms with E-state index in [1.807, 2.05) is 11.0 Å². The van der Waals surface area contributed by atoms with E-state index < -0.39 is 0 Å². The Labute approximate surface area is 169 Å². The van der Waals surface area contributed by atoms with Crippen molar-refractivity contribution >= 4 is 11.8 Å². The van der Waals surface area contributed by atoms with Crippen LogP contribution >= 0.6 is 0 Å². The number of nitrogens with zero attached hydrogens (tertiary/aromatic N) is 5. The molecule has 0 radical (unpaired) electrons. The zero-order valence-corrected chi connectivity index (χ0v) is 16.3. The van der Waals surface area contributed by atoms with Gasteiger partial charge in [0.25, 0.3) is 5.88 Å². The fourth-order valence-corrected chi connectivity index (χ4v) is 4.39. The number of nitriles is 1. The molecule has 3 aliphatic rings. The van der Waals surface area contributed by atoms with Crippen molar-refractivity contribution in [2.75, 3.05) is 32.8 Å². The summed E-state index contributed by atoms with van der Waals surface area (Å²) >= 11 is 0. The lowest BCUT2D eigenvalue weighted by Gasteiger charge is -2.34. The van der Waals surface area contributed by atoms with Gasteiger partial charge in [0, 0.05) is 51.2 Å². The minimum absolute atomic E-state index is 0.0147. The van der Waals surface area contributed by atoms with E-state index in [2.05, 4.69) is 9.97 Å². The van der Waals surface area contributed by atoms with Crippen molar-refractivity contribution in [1.29, 1.82) is 5.26 Å². The van der Waals surface area contributed by atoms with Gasteiger partial charge in [-0.2, -0.15) is 5.26 Å². The smallest absolute Gasteiger partial charge is 0.251 e. The number of carbonyl (C=O) groups is 2. The van der Waals surface area contributed by atoms with Gasteiger partial charge in [-0.15, -0.1) is 0 Å². The van der Waals surface area contributed by atoms with E-state index >= 15 is 0 Å². The van der Waals surface area contributed by atoms with Gasteiger partial charge in [0.1, 0.15) is 12.2 Å². The molecule has 1 aromatic rings. The number of hydrogen-bond acceptors (Lipinski definition) is 7. The third kappa shape index (κ3) is 4.32. The molecule has 29 heavy (non-hydrogen) atoms. The second kappa shape index (κ2) is 8.74. The Hall–Kier alpha value is -2.73. The summed E-state index contributed by atoms with van der Waals surface area (Å²) in [6.07, 6.45) is 6.24. The van der Waals surface area contributed by atoms with Crippen molar-refractivity contribution in [2.45, 2.75) is 44.2 Å². The summed E-state index contributed by atoms with van der Waals surface area (Å²) in [6.45, 7) is 2.93. The van der Waals surface area contributed by atoms with Gasteiger partial charge in [-0.1, -0.05) is 0 Å². The molecule has 1 aromatic heterocycles. The molecule has 3 fully saturated rings. The van der Waals surface area contributed by atoms with Crippen LogP contribution in [0.25, 0.3) is 0 Å². The van der Waals surface area contributed by atoms with Crippen LogP contribution in [0.5, 0.6) is 5.88 Å². The number of amides is 2. The molecular weight excluding hydrogens is 374 g/mol. The predicted molar refractivity (Wildman–Crippen MR) is 101 cm³/mol. The quantitative estimate of drug-likeness (QED) is 0.735. The van der Waals surface area contributed by atoms with Crippen molar-refractivity contribution in [1.82, 2.24) is 19.8 Å². The lowest BCUT2D eigenvalue weighted by Crippen LogP contribution is -2.47. The van der Waals surface area contributed by atoms with Crippen molar-refractivity contribution < 1.29 is 19.1 Å². The van der Waals surface area contributed by atoms with Crippen LogP contribution in [0.4, 0.5) is 0 Å². The van der Waals surface area contributed by atoms with Gasteiger partial charge < -0.3 is 19.3 Å². The summed E-state index contributed by atoms with van der Waals surface area (Å²) in [5.74, 6) is -0.00883. The fourth-order valence-electron chi connectivity index (χ4n) is 4.39. The fraction of sp³-hybridized carbons (Fsp3) is 0.650. The van der Waals surface area contributed by atoms with Crippen LogP contribution in [0.2, 0.25) is 0 Å². The molecule has 9 heteroatoms. The highest BCUT2D eigenvalue weighted by Crippen LogP contribution is 2.27. The molecule has 0 saturated carbocycles. The molecule has 0 aliphatic carbocycles. The minimum Gasteiger partial charge on any atom is -0.470 e. The van der Waals surface area contributed by atoms with Gasteiger partial charge in [-0.05, 0) is 25.7 Å². The summed E-state index contributed by atoms with van der Waals surface area (Å²) in [5.41, 5.74) is 0.143. The normalized spacial score (nSPS) is 25.7. The molecule has 3 aliphatic heterocycles. The first kappa shape index (κ1) is 19.6. The maximum Gasteiger partial charge on any atom is 0.251 e. The van der Waals surface area contributed by atoms with E-state index in [0.29, 0.717) is 32.8 Å². The summed E-state index contributed by atoms with van der Waals surface area (Å²) in [5, 5.41) is 9.15. The third-order valence-electron chi connectivity index (χ3n) is 5.88. The topological polar surface area (TPSA) is 109 Å². The monoisotopic (exact) mass is 399 g/mol. The van der Waals surface area contributed by atoms with E-state index in [1.165, 1.54) is 12.4 Å². The zero-order chi connectivity index (χ0) is 20.2. The highest BCUT2D eigenvalue weighted by Gasteiger charge is 2.40. The minimum atomic E-state index is -0.296. The van der Waals surface area contributed by atoms with E-state index in [-0.39, 0.29) is 47.9 Å². The average molecular weight is 399 g/mol. The first-order chi connectivity index (χ1) is 14.2. The standard InChI is InChI=1S/C20H25N5O4/c21-11-17-19(23-6-5-22-17)29-16-2-1-7-24(13-16)20(27)14-10-18(26)25(12-14)15-3-8-28-9-4-15/h5-6,14-16H,1-4,7-10,12-13H2/t14-,16-/m1/s1. The molecule has 2 amide bonds. The number of rotatable bonds is 4. The van der Waals surface area contributed by atoms with Crippen LogP contribution in [0.15, 0.2) is 12.4 Å². The largest absolute Gasteiger partial charge is 0.470 e. The second-order valence-electron chi connectivity index (χ2n) is 7.78. The third-order valence-corrected chi connectivity index (χ3v) is 5.88. The Bertz CT molecular complexity index is 804. The number of hydrogen-bond donors (Lipinski definition) is 0. The molecule has 3 saturated heterocycles.